The fraction of sp³-hybridized carbons (Fsp3) is 0.900. The largest absolute Gasteiger partial charge is 0.382 e. The van der Waals surface area contributed by atoms with Gasteiger partial charge in [-0.25, -0.2) is 0 Å². The van der Waals surface area contributed by atoms with Crippen molar-refractivity contribution in [3.63, 3.8) is 0 Å². The molecule has 0 aliphatic carbocycles. The first-order valence-electron chi connectivity index (χ1n) is 4.68. The standard InChI is InChI=1S/C10H20O2/c1-5-6-7-9(11)10(4,12)8(2)3/h8,12H,5-7H2,1-4H3. The summed E-state index contributed by atoms with van der Waals surface area (Å²) >= 11 is 0. The summed E-state index contributed by atoms with van der Waals surface area (Å²) in [5.74, 6) is -0.0267. The van der Waals surface area contributed by atoms with Crippen LogP contribution in [0.4, 0.5) is 0 Å². The van der Waals surface area contributed by atoms with Gasteiger partial charge in [-0.15, -0.1) is 0 Å². The van der Waals surface area contributed by atoms with Gasteiger partial charge in [-0.3, -0.25) is 4.79 Å². The molecule has 0 saturated heterocycles. The molecule has 12 heavy (non-hydrogen) atoms. The van der Waals surface area contributed by atoms with Crippen LogP contribution in [0, 0.1) is 5.92 Å². The van der Waals surface area contributed by atoms with Crippen molar-refractivity contribution in [3.05, 3.63) is 0 Å². The molecular weight excluding hydrogens is 152 g/mol. The molecular formula is C10H20O2. The van der Waals surface area contributed by atoms with Crippen LogP contribution in [0.25, 0.3) is 0 Å². The number of hydrogen-bond donors (Lipinski definition) is 1. The second kappa shape index (κ2) is 4.61. The van der Waals surface area contributed by atoms with Gasteiger partial charge in [-0.1, -0.05) is 27.2 Å². The summed E-state index contributed by atoms with van der Waals surface area (Å²) < 4.78 is 0. The number of hydrogen-bond acceptors (Lipinski definition) is 2. The minimum Gasteiger partial charge on any atom is -0.382 e. The first kappa shape index (κ1) is 11.6. The van der Waals surface area contributed by atoms with Gasteiger partial charge in [0, 0.05) is 6.42 Å². The quantitative estimate of drug-likeness (QED) is 0.690. The molecule has 1 atom stereocenters. The highest BCUT2D eigenvalue weighted by molar-refractivity contribution is 5.86. The molecule has 0 spiro atoms. The lowest BCUT2D eigenvalue weighted by atomic mass is 9.86. The van der Waals surface area contributed by atoms with Crippen molar-refractivity contribution in [2.24, 2.45) is 5.92 Å². The number of Topliss-reactive ketones (excluding diaryl/α,β-unsaturated/α-hetero) is 1. The van der Waals surface area contributed by atoms with Crippen LogP contribution < -0.4 is 0 Å². The summed E-state index contributed by atoms with van der Waals surface area (Å²) in [4.78, 5) is 11.4. The zero-order chi connectivity index (χ0) is 9.78. The van der Waals surface area contributed by atoms with Crippen molar-refractivity contribution in [2.75, 3.05) is 0 Å². The van der Waals surface area contributed by atoms with E-state index in [-0.39, 0.29) is 11.7 Å². The van der Waals surface area contributed by atoms with Gasteiger partial charge in [0.05, 0.1) is 0 Å². The highest BCUT2D eigenvalue weighted by atomic mass is 16.3. The first-order chi connectivity index (χ1) is 5.42. The summed E-state index contributed by atoms with van der Waals surface area (Å²) in [6.45, 7) is 7.38. The summed E-state index contributed by atoms with van der Waals surface area (Å²) in [6.07, 6.45) is 2.38. The highest BCUT2D eigenvalue weighted by Crippen LogP contribution is 2.19. The van der Waals surface area contributed by atoms with E-state index in [0.29, 0.717) is 6.42 Å². The molecule has 1 N–H and O–H groups in total. The van der Waals surface area contributed by atoms with Crippen LogP contribution in [0.15, 0.2) is 0 Å². The molecule has 0 radical (unpaired) electrons. The molecule has 0 rings (SSSR count). The van der Waals surface area contributed by atoms with Gasteiger partial charge in [0.2, 0.25) is 0 Å². The van der Waals surface area contributed by atoms with E-state index in [0.717, 1.165) is 12.8 Å². The summed E-state index contributed by atoms with van der Waals surface area (Å²) in [5.41, 5.74) is -1.13. The molecule has 72 valence electrons. The molecule has 2 nitrogen and oxygen atoms in total. The lowest BCUT2D eigenvalue weighted by Gasteiger charge is -2.25. The maximum Gasteiger partial charge on any atom is 0.164 e. The summed E-state index contributed by atoms with van der Waals surface area (Å²) in [5, 5.41) is 9.74. The van der Waals surface area contributed by atoms with E-state index in [2.05, 4.69) is 0 Å². The summed E-state index contributed by atoms with van der Waals surface area (Å²) in [7, 11) is 0. The average molecular weight is 172 g/mol. The fourth-order valence-corrected chi connectivity index (χ4v) is 0.912. The van der Waals surface area contributed by atoms with Crippen molar-refractivity contribution in [1.29, 1.82) is 0 Å². The smallest absolute Gasteiger partial charge is 0.164 e. The average Bonchev–Trinajstić information content (AvgIpc) is 1.99. The zero-order valence-corrected chi connectivity index (χ0v) is 8.55. The minimum absolute atomic E-state index is 0.00172. The molecule has 0 heterocycles. The van der Waals surface area contributed by atoms with E-state index >= 15 is 0 Å². The van der Waals surface area contributed by atoms with Crippen LogP contribution in [0.3, 0.4) is 0 Å². The molecule has 0 aliphatic rings. The predicted molar refractivity (Wildman–Crippen MR) is 50.0 cm³/mol. The molecule has 2 heteroatoms. The van der Waals surface area contributed by atoms with Gasteiger partial charge in [-0.05, 0) is 19.3 Å². The lowest BCUT2D eigenvalue weighted by molar-refractivity contribution is -0.139. The third kappa shape index (κ3) is 2.94. The van der Waals surface area contributed by atoms with Gasteiger partial charge in [0.1, 0.15) is 5.60 Å². The molecule has 0 aromatic rings. The topological polar surface area (TPSA) is 37.3 Å². The van der Waals surface area contributed by atoms with Crippen molar-refractivity contribution in [2.45, 2.75) is 52.6 Å². The van der Waals surface area contributed by atoms with E-state index in [1.54, 1.807) is 6.92 Å². The third-order valence-electron chi connectivity index (χ3n) is 2.45. The van der Waals surface area contributed by atoms with Gasteiger partial charge in [0.25, 0.3) is 0 Å². The number of rotatable bonds is 5. The molecule has 1 unspecified atom stereocenters. The number of carbonyl (C=O) groups excluding carboxylic acids is 1. The SMILES string of the molecule is CCCCC(=O)C(C)(O)C(C)C. The van der Waals surface area contributed by atoms with Gasteiger partial charge in [-0.2, -0.15) is 0 Å². The van der Waals surface area contributed by atoms with Crippen LogP contribution in [0.2, 0.25) is 0 Å². The number of carbonyl (C=O) groups is 1. The minimum atomic E-state index is -1.13. The number of aliphatic hydroxyl groups is 1. The lowest BCUT2D eigenvalue weighted by Crippen LogP contribution is -2.40. The second-order valence-electron chi connectivity index (χ2n) is 3.83. The molecule has 0 fully saturated rings. The van der Waals surface area contributed by atoms with Crippen LogP contribution in [0.1, 0.15) is 47.0 Å². The molecule has 0 bridgehead atoms. The molecule has 0 aromatic heterocycles. The van der Waals surface area contributed by atoms with Crippen LogP contribution in [-0.2, 0) is 4.79 Å². The molecule has 0 aromatic carbocycles. The Morgan fingerprint density at radius 2 is 2.00 bits per heavy atom. The Bertz CT molecular complexity index is 148. The Kier molecular flexibility index (Phi) is 4.46. The maximum absolute atomic E-state index is 11.4. The fourth-order valence-electron chi connectivity index (χ4n) is 0.912. The zero-order valence-electron chi connectivity index (χ0n) is 8.55. The molecule has 0 saturated carbocycles. The Balaban J connectivity index is 4.07. The Morgan fingerprint density at radius 1 is 1.50 bits per heavy atom. The van der Waals surface area contributed by atoms with Gasteiger partial charge >= 0.3 is 0 Å². The number of unbranched alkanes of at least 4 members (excludes halogenated alkanes) is 1. The van der Waals surface area contributed by atoms with E-state index < -0.39 is 5.60 Å². The Morgan fingerprint density at radius 3 is 2.33 bits per heavy atom. The van der Waals surface area contributed by atoms with Crippen LogP contribution >= 0.6 is 0 Å². The summed E-state index contributed by atoms with van der Waals surface area (Å²) in [6, 6.07) is 0. The van der Waals surface area contributed by atoms with Gasteiger partial charge in [0.15, 0.2) is 5.78 Å². The van der Waals surface area contributed by atoms with Crippen molar-refractivity contribution in [3.8, 4) is 0 Å². The monoisotopic (exact) mass is 172 g/mol. The van der Waals surface area contributed by atoms with Crippen LogP contribution in [-0.4, -0.2) is 16.5 Å². The number of ketones is 1. The van der Waals surface area contributed by atoms with Crippen molar-refractivity contribution >= 4 is 5.78 Å². The molecule has 0 amide bonds. The Hall–Kier alpha value is -0.370. The van der Waals surface area contributed by atoms with E-state index in [1.165, 1.54) is 0 Å². The second-order valence-corrected chi connectivity index (χ2v) is 3.83. The maximum atomic E-state index is 11.4. The third-order valence-corrected chi connectivity index (χ3v) is 2.45. The van der Waals surface area contributed by atoms with E-state index in [9.17, 15) is 9.90 Å². The van der Waals surface area contributed by atoms with Crippen molar-refractivity contribution < 1.29 is 9.90 Å². The highest BCUT2D eigenvalue weighted by Gasteiger charge is 2.32. The Labute approximate surface area is 75.0 Å². The first-order valence-corrected chi connectivity index (χ1v) is 4.68. The molecule has 0 aliphatic heterocycles. The van der Waals surface area contributed by atoms with Crippen molar-refractivity contribution in [1.82, 2.24) is 0 Å². The van der Waals surface area contributed by atoms with E-state index in [1.807, 2.05) is 20.8 Å². The van der Waals surface area contributed by atoms with E-state index in [4.69, 9.17) is 0 Å². The normalized spacial score (nSPS) is 16.2. The predicted octanol–water partition coefficient (Wildman–Crippen LogP) is 2.15. The van der Waals surface area contributed by atoms with Gasteiger partial charge < -0.3 is 5.11 Å². The van der Waals surface area contributed by atoms with Crippen LogP contribution in [0.5, 0.6) is 0 Å².